The van der Waals surface area contributed by atoms with Gasteiger partial charge in [-0.3, -0.25) is 0 Å². The van der Waals surface area contributed by atoms with Gasteiger partial charge >= 0.3 is 0 Å². The summed E-state index contributed by atoms with van der Waals surface area (Å²) in [5.41, 5.74) is 2.57. The van der Waals surface area contributed by atoms with Crippen molar-refractivity contribution in [3.63, 3.8) is 0 Å². The Morgan fingerprint density at radius 2 is 2.05 bits per heavy atom. The number of nitrogen functional groups attached to an aromatic ring is 1. The average molecular weight is 311 g/mol. The minimum absolute atomic E-state index is 0.577. The molecule has 3 rings (SSSR count). The summed E-state index contributed by atoms with van der Waals surface area (Å²) in [6.45, 7) is 1.85. The third kappa shape index (κ3) is 2.69. The zero-order chi connectivity index (χ0) is 15.5. The van der Waals surface area contributed by atoms with Gasteiger partial charge < -0.3 is 10.3 Å². The molecule has 0 amide bonds. The lowest BCUT2D eigenvalue weighted by Crippen LogP contribution is -2.11. The van der Waals surface area contributed by atoms with Gasteiger partial charge in [-0.25, -0.2) is 4.68 Å². The SMILES string of the molecule is Cc1occc1-c1nnc(SCc2ccc(C#N)cc2)n1N. The predicted molar refractivity (Wildman–Crippen MR) is 83.3 cm³/mol. The normalized spacial score (nSPS) is 10.5. The first-order chi connectivity index (χ1) is 10.7. The van der Waals surface area contributed by atoms with Crippen molar-refractivity contribution in [2.24, 2.45) is 0 Å². The van der Waals surface area contributed by atoms with Crippen molar-refractivity contribution in [2.75, 3.05) is 5.84 Å². The molecule has 6 nitrogen and oxygen atoms in total. The maximum absolute atomic E-state index is 8.79. The van der Waals surface area contributed by atoms with Crippen LogP contribution in [-0.4, -0.2) is 14.9 Å². The second-order valence-electron chi connectivity index (χ2n) is 4.66. The molecule has 0 spiro atoms. The van der Waals surface area contributed by atoms with E-state index in [4.69, 9.17) is 15.5 Å². The van der Waals surface area contributed by atoms with Crippen LogP contribution in [0.4, 0.5) is 0 Å². The van der Waals surface area contributed by atoms with Gasteiger partial charge in [0.2, 0.25) is 5.16 Å². The zero-order valence-electron chi connectivity index (χ0n) is 11.9. The van der Waals surface area contributed by atoms with Gasteiger partial charge in [-0.15, -0.1) is 10.2 Å². The molecule has 22 heavy (non-hydrogen) atoms. The molecule has 0 fully saturated rings. The average Bonchev–Trinajstić information content (AvgIpc) is 3.11. The topological polar surface area (TPSA) is 93.7 Å². The van der Waals surface area contributed by atoms with Gasteiger partial charge in [-0.05, 0) is 30.7 Å². The number of thioether (sulfide) groups is 1. The van der Waals surface area contributed by atoms with Gasteiger partial charge in [0, 0.05) is 5.75 Å². The maximum Gasteiger partial charge on any atom is 0.210 e. The molecule has 0 radical (unpaired) electrons. The molecule has 2 aromatic heterocycles. The Morgan fingerprint density at radius 3 is 2.68 bits per heavy atom. The molecule has 0 aliphatic rings. The molecule has 0 saturated carbocycles. The highest BCUT2D eigenvalue weighted by Crippen LogP contribution is 2.26. The van der Waals surface area contributed by atoms with Crippen LogP contribution in [0, 0.1) is 18.3 Å². The third-order valence-electron chi connectivity index (χ3n) is 3.22. The van der Waals surface area contributed by atoms with E-state index < -0.39 is 0 Å². The first-order valence-corrected chi connectivity index (χ1v) is 7.54. The third-order valence-corrected chi connectivity index (χ3v) is 4.23. The van der Waals surface area contributed by atoms with E-state index in [0.717, 1.165) is 16.9 Å². The minimum Gasteiger partial charge on any atom is -0.469 e. The van der Waals surface area contributed by atoms with Crippen LogP contribution in [0.15, 0.2) is 46.2 Å². The number of benzene rings is 1. The summed E-state index contributed by atoms with van der Waals surface area (Å²) in [7, 11) is 0. The largest absolute Gasteiger partial charge is 0.469 e. The van der Waals surface area contributed by atoms with E-state index in [0.29, 0.717) is 22.3 Å². The number of hydrogen-bond acceptors (Lipinski definition) is 6. The molecule has 0 aliphatic carbocycles. The summed E-state index contributed by atoms with van der Waals surface area (Å²) in [5.74, 6) is 8.09. The fourth-order valence-electron chi connectivity index (χ4n) is 2.00. The Morgan fingerprint density at radius 1 is 1.27 bits per heavy atom. The summed E-state index contributed by atoms with van der Waals surface area (Å²) < 4.78 is 6.73. The Balaban J connectivity index is 1.75. The lowest BCUT2D eigenvalue weighted by Gasteiger charge is -2.03. The van der Waals surface area contributed by atoms with E-state index in [1.807, 2.05) is 25.1 Å². The smallest absolute Gasteiger partial charge is 0.210 e. The maximum atomic E-state index is 8.79. The van der Waals surface area contributed by atoms with Gasteiger partial charge in [0.1, 0.15) is 5.76 Å². The fourth-order valence-corrected chi connectivity index (χ4v) is 2.81. The van der Waals surface area contributed by atoms with Gasteiger partial charge in [0.15, 0.2) is 5.82 Å². The van der Waals surface area contributed by atoms with Crippen LogP contribution in [0.2, 0.25) is 0 Å². The first-order valence-electron chi connectivity index (χ1n) is 6.56. The molecule has 0 aliphatic heterocycles. The van der Waals surface area contributed by atoms with Crippen LogP contribution in [0.5, 0.6) is 0 Å². The van der Waals surface area contributed by atoms with Crippen LogP contribution < -0.4 is 5.84 Å². The number of nitrogens with two attached hydrogens (primary N) is 1. The summed E-state index contributed by atoms with van der Waals surface area (Å²) in [4.78, 5) is 0. The Bertz CT molecular complexity index is 828. The van der Waals surface area contributed by atoms with Crippen molar-refractivity contribution in [3.05, 3.63) is 53.5 Å². The highest BCUT2D eigenvalue weighted by atomic mass is 32.2. The molecule has 3 aromatic rings. The Kier molecular flexibility index (Phi) is 3.85. The van der Waals surface area contributed by atoms with Crippen LogP contribution in [0.3, 0.4) is 0 Å². The second-order valence-corrected chi connectivity index (χ2v) is 5.61. The Labute approximate surface area is 131 Å². The van der Waals surface area contributed by atoms with Crippen molar-refractivity contribution in [3.8, 4) is 17.5 Å². The minimum atomic E-state index is 0.577. The van der Waals surface area contributed by atoms with Gasteiger partial charge in [-0.1, -0.05) is 23.9 Å². The number of furan rings is 1. The van der Waals surface area contributed by atoms with Crippen molar-refractivity contribution in [1.82, 2.24) is 14.9 Å². The molecule has 2 heterocycles. The lowest BCUT2D eigenvalue weighted by molar-refractivity contribution is 0.535. The first kappa shape index (κ1) is 14.2. The van der Waals surface area contributed by atoms with Gasteiger partial charge in [-0.2, -0.15) is 5.26 Å². The van der Waals surface area contributed by atoms with Crippen molar-refractivity contribution in [2.45, 2.75) is 17.8 Å². The number of nitriles is 1. The van der Waals surface area contributed by atoms with E-state index in [1.54, 1.807) is 18.4 Å². The predicted octanol–water partition coefficient (Wildman–Crippen LogP) is 2.72. The highest BCUT2D eigenvalue weighted by molar-refractivity contribution is 7.98. The quantitative estimate of drug-likeness (QED) is 0.588. The molecule has 0 unspecified atom stereocenters. The number of hydrogen-bond donors (Lipinski definition) is 1. The van der Waals surface area contributed by atoms with E-state index in [2.05, 4.69) is 16.3 Å². The monoisotopic (exact) mass is 311 g/mol. The molecule has 2 N–H and O–H groups in total. The van der Waals surface area contributed by atoms with Crippen molar-refractivity contribution in [1.29, 1.82) is 5.26 Å². The number of aryl methyl sites for hydroxylation is 1. The highest BCUT2D eigenvalue weighted by Gasteiger charge is 2.15. The summed E-state index contributed by atoms with van der Waals surface area (Å²) in [6, 6.07) is 11.3. The molecule has 1 aromatic carbocycles. The summed E-state index contributed by atoms with van der Waals surface area (Å²) >= 11 is 1.49. The zero-order valence-corrected chi connectivity index (χ0v) is 12.7. The standard InChI is InChI=1S/C15H13N5OS/c1-10-13(6-7-21-10)14-18-19-15(20(14)17)22-9-12-4-2-11(8-16)3-5-12/h2-7H,9,17H2,1H3. The van der Waals surface area contributed by atoms with Crippen LogP contribution in [0.1, 0.15) is 16.9 Å². The molecule has 0 bridgehead atoms. The second kappa shape index (κ2) is 5.95. The molecule has 0 atom stereocenters. The van der Waals surface area contributed by atoms with Gasteiger partial charge in [0.25, 0.3) is 0 Å². The fraction of sp³-hybridized carbons (Fsp3) is 0.133. The van der Waals surface area contributed by atoms with Crippen molar-refractivity contribution >= 4 is 11.8 Å². The van der Waals surface area contributed by atoms with Crippen LogP contribution in [0.25, 0.3) is 11.4 Å². The molecule has 7 heteroatoms. The van der Waals surface area contributed by atoms with Crippen LogP contribution in [-0.2, 0) is 5.75 Å². The lowest BCUT2D eigenvalue weighted by atomic mass is 10.2. The molecule has 110 valence electrons. The van der Waals surface area contributed by atoms with Crippen LogP contribution >= 0.6 is 11.8 Å². The molecule has 0 saturated heterocycles. The van der Waals surface area contributed by atoms with E-state index in [9.17, 15) is 0 Å². The summed E-state index contributed by atoms with van der Waals surface area (Å²) in [6.07, 6.45) is 1.60. The summed E-state index contributed by atoms with van der Waals surface area (Å²) in [5, 5.41) is 17.7. The van der Waals surface area contributed by atoms with E-state index >= 15 is 0 Å². The van der Waals surface area contributed by atoms with Crippen molar-refractivity contribution < 1.29 is 4.42 Å². The van der Waals surface area contributed by atoms with E-state index in [1.165, 1.54) is 16.4 Å². The molecular formula is C15H13N5OS. The molecular weight excluding hydrogens is 298 g/mol. The van der Waals surface area contributed by atoms with Gasteiger partial charge in [0.05, 0.1) is 23.5 Å². The Hall–Kier alpha value is -2.72. The number of aromatic nitrogens is 3. The van der Waals surface area contributed by atoms with E-state index in [-0.39, 0.29) is 0 Å². The number of rotatable bonds is 4. The number of nitrogens with zero attached hydrogens (tertiary/aromatic N) is 4.